The summed E-state index contributed by atoms with van der Waals surface area (Å²) in [7, 11) is 0. The van der Waals surface area contributed by atoms with Crippen LogP contribution < -0.4 is 4.98 Å². The number of hydrogen-bond acceptors (Lipinski definition) is 2. The van der Waals surface area contributed by atoms with Crippen LogP contribution in [0, 0.1) is 13.8 Å². The van der Waals surface area contributed by atoms with Crippen LogP contribution >= 0.6 is 0 Å². The van der Waals surface area contributed by atoms with Gasteiger partial charge >= 0.3 is 97.7 Å². The fourth-order valence-electron chi connectivity index (χ4n) is 7.35. The van der Waals surface area contributed by atoms with Crippen LogP contribution in [0.5, 0.6) is 5.75 Å². The molecule has 59 heavy (non-hydrogen) atoms. The Balaban J connectivity index is 0.000000442. The monoisotopic (exact) mass is 966 g/mol. The van der Waals surface area contributed by atoms with Gasteiger partial charge in [-0.1, -0.05) is 138 Å². The van der Waals surface area contributed by atoms with Crippen molar-refractivity contribution in [2.24, 2.45) is 3.50 Å². The summed E-state index contributed by atoms with van der Waals surface area (Å²) in [5.41, 5.74) is 16.4. The number of benzene rings is 4. The molecule has 1 heterocycles. The molecule has 0 aliphatic rings. The molecule has 0 bridgehead atoms. The van der Waals surface area contributed by atoms with Crippen LogP contribution in [-0.4, -0.2) is 5.11 Å². The summed E-state index contributed by atoms with van der Waals surface area (Å²) in [5.74, 6) is 3.89. The molecule has 0 fully saturated rings. The van der Waals surface area contributed by atoms with Crippen molar-refractivity contribution in [3.05, 3.63) is 144 Å². The summed E-state index contributed by atoms with van der Waals surface area (Å²) in [6.45, 7) is 42.9. The Bertz CT molecular complexity index is 1820. The average molecular weight is 966 g/mol. The molecule has 0 unspecified atom stereocenters. The number of aromatic nitrogens is 1. The SMILES string of the molecule is CC(C)c1cc(C(C)C)c(-c2cccc(-c3c(C(C)C)cc(C(C)C)cc3C(C)C)c2O)c(C(C)C)c1.CC(C)c1cccc(C(C)C)c1[N]=[W].[CH2-]C[CH2-].c1cc[n-]c1. The van der Waals surface area contributed by atoms with E-state index >= 15 is 0 Å². The molecule has 5 aromatic rings. The van der Waals surface area contributed by atoms with Crippen molar-refractivity contribution in [2.75, 3.05) is 0 Å². The van der Waals surface area contributed by atoms with Crippen LogP contribution in [0.2, 0.25) is 0 Å². The third-order valence-corrected chi connectivity index (χ3v) is 11.4. The predicted octanol–water partition coefficient (Wildman–Crippen LogP) is 17.5. The quantitative estimate of drug-likeness (QED) is 0.134. The van der Waals surface area contributed by atoms with Gasteiger partial charge in [-0.2, -0.15) is 12.4 Å². The normalized spacial score (nSPS) is 11.3. The molecule has 4 aromatic carbocycles. The predicted molar refractivity (Wildman–Crippen MR) is 255 cm³/mol. The average Bonchev–Trinajstić information content (AvgIpc) is 3.78. The fourth-order valence-corrected chi connectivity index (χ4v) is 8.10. The molecule has 0 aliphatic carbocycles. The summed E-state index contributed by atoms with van der Waals surface area (Å²) in [6, 6.07) is 26.2. The Kier molecular flexibility index (Phi) is 21.5. The van der Waals surface area contributed by atoms with Crippen molar-refractivity contribution >= 4 is 5.69 Å². The molecule has 322 valence electrons. The van der Waals surface area contributed by atoms with Gasteiger partial charge in [0.1, 0.15) is 5.75 Å². The number of hydrogen-bond donors (Lipinski definition) is 1. The van der Waals surface area contributed by atoms with Gasteiger partial charge in [-0.25, -0.2) is 0 Å². The molecule has 0 aliphatic heterocycles. The molecule has 5 rings (SSSR count). The maximum atomic E-state index is 12.1. The third kappa shape index (κ3) is 14.0. The van der Waals surface area contributed by atoms with Gasteiger partial charge in [-0.3, -0.25) is 0 Å². The summed E-state index contributed by atoms with van der Waals surface area (Å²) in [6.07, 6.45) is 4.25. The van der Waals surface area contributed by atoms with Gasteiger partial charge in [0, 0.05) is 11.1 Å². The van der Waals surface area contributed by atoms with Gasteiger partial charge in [-0.05, 0) is 80.0 Å². The minimum atomic E-state index is 0.358. The van der Waals surface area contributed by atoms with Gasteiger partial charge in [0.2, 0.25) is 0 Å². The van der Waals surface area contributed by atoms with Gasteiger partial charge in [-0.15, -0.1) is 0 Å². The van der Waals surface area contributed by atoms with E-state index < -0.39 is 0 Å². The van der Waals surface area contributed by atoms with E-state index in [4.69, 9.17) is 0 Å². The van der Waals surface area contributed by atoms with Crippen molar-refractivity contribution in [3.8, 4) is 28.0 Å². The molecule has 4 heteroatoms. The minimum absolute atomic E-state index is 0.358. The molecular weight excluding hydrogens is 888 g/mol. The standard InChI is InChI=1S/C36H50O.C12H17N.C4H4N.C3H6.W/c1-20(2)26-16-30(22(5)6)34(31(17-26)23(7)8)28-14-13-15-29(36(28)37)35-32(24(9)10)18-27(21(3)4)19-33(35)25(11)12;1-8(2)10-6-5-7-11(9(3)4)12(10)13;1-2-4-5-3-1;1-3-2;/h13-25,37H,1-12H3;5-9H,1-4H3;1-4H;1-3H2;/q;;-1;-2;. The first kappa shape index (κ1) is 51.6. The van der Waals surface area contributed by atoms with E-state index in [1.165, 1.54) is 81.0 Å². The number of nitrogens with zero attached hydrogens (tertiary/aromatic N) is 2. The Morgan fingerprint density at radius 2 is 0.763 bits per heavy atom. The topological polar surface area (TPSA) is 46.7 Å². The molecule has 0 atom stereocenters. The largest absolute Gasteiger partial charge is 0.670 e. The number of aromatic hydroxyl groups is 1. The van der Waals surface area contributed by atoms with Crippen LogP contribution in [0.3, 0.4) is 0 Å². The van der Waals surface area contributed by atoms with Crippen LogP contribution in [0.25, 0.3) is 22.3 Å². The van der Waals surface area contributed by atoms with Crippen LogP contribution in [0.15, 0.2) is 88.7 Å². The molecule has 0 saturated carbocycles. The van der Waals surface area contributed by atoms with E-state index in [1.807, 2.05) is 12.1 Å². The first-order valence-corrected chi connectivity index (χ1v) is 23.3. The van der Waals surface area contributed by atoms with E-state index in [0.29, 0.717) is 53.1 Å². The van der Waals surface area contributed by atoms with Crippen molar-refractivity contribution in [1.82, 2.24) is 4.98 Å². The zero-order valence-electron chi connectivity index (χ0n) is 39.6. The number of para-hydroxylation sites is 1. The maximum Gasteiger partial charge on any atom is -0.0860 e. The van der Waals surface area contributed by atoms with Crippen molar-refractivity contribution in [3.63, 3.8) is 0 Å². The van der Waals surface area contributed by atoms with Crippen molar-refractivity contribution < 1.29 is 24.7 Å². The third-order valence-electron chi connectivity index (χ3n) is 10.7. The molecule has 0 saturated heterocycles. The van der Waals surface area contributed by atoms with Gasteiger partial charge in [0.05, 0.1) is 0 Å². The molecular formula is C55H77N2OW-3. The Morgan fingerprint density at radius 3 is 0.983 bits per heavy atom. The first-order valence-electron chi connectivity index (χ1n) is 22.0. The minimum Gasteiger partial charge on any atom is -0.670 e. The van der Waals surface area contributed by atoms with E-state index in [1.54, 1.807) is 12.4 Å². The van der Waals surface area contributed by atoms with Crippen molar-refractivity contribution in [1.29, 1.82) is 0 Å². The molecule has 0 amide bonds. The molecule has 0 radical (unpaired) electrons. The van der Waals surface area contributed by atoms with Gasteiger partial charge in [0.25, 0.3) is 0 Å². The summed E-state index contributed by atoms with van der Waals surface area (Å²) < 4.78 is 4.50. The molecule has 1 aromatic heterocycles. The summed E-state index contributed by atoms with van der Waals surface area (Å²) in [5, 5.41) is 12.1. The van der Waals surface area contributed by atoms with E-state index in [0.717, 1.165) is 17.5 Å². The number of phenolic OH excluding ortho intramolecular Hbond substituents is 1. The van der Waals surface area contributed by atoms with Crippen LogP contribution in [0.4, 0.5) is 5.69 Å². The van der Waals surface area contributed by atoms with E-state index in [2.05, 4.69) is 194 Å². The second kappa shape index (κ2) is 24.6. The first-order chi connectivity index (χ1) is 27.7. The van der Waals surface area contributed by atoms with E-state index in [-0.39, 0.29) is 0 Å². The second-order valence-corrected chi connectivity index (χ2v) is 18.8. The van der Waals surface area contributed by atoms with Crippen LogP contribution in [-0.2, 0) is 19.6 Å². The Labute approximate surface area is 373 Å². The van der Waals surface area contributed by atoms with Gasteiger partial charge < -0.3 is 30.4 Å². The zero-order chi connectivity index (χ0) is 44.7. The van der Waals surface area contributed by atoms with Crippen molar-refractivity contribution in [2.45, 2.75) is 165 Å². The smallest absolute Gasteiger partial charge is 0.0860 e. The summed E-state index contributed by atoms with van der Waals surface area (Å²) >= 11 is 1.29. The molecule has 1 N–H and O–H groups in total. The maximum absolute atomic E-state index is 12.1. The second-order valence-electron chi connectivity index (χ2n) is 18.2. The Morgan fingerprint density at radius 1 is 0.475 bits per heavy atom. The van der Waals surface area contributed by atoms with Gasteiger partial charge in [0.15, 0.2) is 0 Å². The number of phenols is 1. The number of rotatable bonds is 11. The molecule has 0 spiro atoms. The van der Waals surface area contributed by atoms with Crippen LogP contribution in [0.1, 0.15) is 209 Å². The van der Waals surface area contributed by atoms with E-state index in [9.17, 15) is 5.11 Å². The fraction of sp³-hybridized carbons (Fsp3) is 0.455. The molecule has 3 nitrogen and oxygen atoms in total. The summed E-state index contributed by atoms with van der Waals surface area (Å²) in [4.78, 5) is 3.72. The Hall–Kier alpha value is -3.55. The zero-order valence-corrected chi connectivity index (χ0v) is 42.5.